The van der Waals surface area contributed by atoms with Crippen molar-refractivity contribution >= 4 is 11.9 Å². The summed E-state index contributed by atoms with van der Waals surface area (Å²) >= 11 is 0. The summed E-state index contributed by atoms with van der Waals surface area (Å²) < 4.78 is 5.07. The molecule has 29 heavy (non-hydrogen) atoms. The van der Waals surface area contributed by atoms with E-state index in [4.69, 9.17) is 4.74 Å². The number of esters is 1. The summed E-state index contributed by atoms with van der Waals surface area (Å²) in [5.74, 6) is -0.861. The standard InChI is InChI=1S/C24H29NO4/c26-22(18-29-23(27)24(28)15-8-3-9-16-24)25-17-14-21(19-10-4-1-5-11-19)20-12-6-2-7-13-20/h1-2,4-7,10-13,21,28H,3,8-9,14-18H2,(H,25,26). The number of amides is 1. The van der Waals surface area contributed by atoms with Gasteiger partial charge in [-0.05, 0) is 43.2 Å². The van der Waals surface area contributed by atoms with Crippen LogP contribution < -0.4 is 5.32 Å². The first-order chi connectivity index (χ1) is 14.1. The molecule has 5 nitrogen and oxygen atoms in total. The molecule has 0 spiro atoms. The van der Waals surface area contributed by atoms with Crippen LogP contribution in [0.5, 0.6) is 0 Å². The van der Waals surface area contributed by atoms with E-state index in [1.165, 1.54) is 11.1 Å². The van der Waals surface area contributed by atoms with Crippen LogP contribution in [0.25, 0.3) is 0 Å². The highest BCUT2D eigenvalue weighted by molar-refractivity contribution is 5.84. The lowest BCUT2D eigenvalue weighted by atomic mass is 9.85. The van der Waals surface area contributed by atoms with Gasteiger partial charge < -0.3 is 15.2 Å². The maximum Gasteiger partial charge on any atom is 0.338 e. The average Bonchev–Trinajstić information content (AvgIpc) is 2.77. The number of nitrogens with one attached hydrogen (secondary N) is 1. The zero-order valence-electron chi connectivity index (χ0n) is 16.7. The van der Waals surface area contributed by atoms with Gasteiger partial charge in [0.1, 0.15) is 0 Å². The first kappa shape index (κ1) is 21.1. The second-order valence-corrected chi connectivity index (χ2v) is 7.68. The van der Waals surface area contributed by atoms with Crippen LogP contribution in [0.1, 0.15) is 55.6 Å². The molecule has 0 radical (unpaired) electrons. The van der Waals surface area contributed by atoms with Crippen molar-refractivity contribution in [3.05, 3.63) is 71.8 Å². The summed E-state index contributed by atoms with van der Waals surface area (Å²) in [4.78, 5) is 24.2. The number of carbonyl (C=O) groups excluding carboxylic acids is 2. The molecule has 1 saturated carbocycles. The molecule has 2 aromatic carbocycles. The van der Waals surface area contributed by atoms with Gasteiger partial charge in [0.15, 0.2) is 12.2 Å². The molecule has 2 aromatic rings. The maximum atomic E-state index is 12.1. The van der Waals surface area contributed by atoms with Gasteiger partial charge in [-0.15, -0.1) is 0 Å². The Hall–Kier alpha value is -2.66. The molecular formula is C24H29NO4. The number of hydrogen-bond donors (Lipinski definition) is 2. The Labute approximate surface area is 172 Å². The molecule has 0 unspecified atom stereocenters. The van der Waals surface area contributed by atoms with E-state index in [1.54, 1.807) is 0 Å². The van der Waals surface area contributed by atoms with Crippen molar-refractivity contribution in [2.45, 2.75) is 50.0 Å². The van der Waals surface area contributed by atoms with Crippen LogP contribution in [0.2, 0.25) is 0 Å². The zero-order valence-corrected chi connectivity index (χ0v) is 16.7. The van der Waals surface area contributed by atoms with Crippen molar-refractivity contribution in [3.63, 3.8) is 0 Å². The molecule has 0 saturated heterocycles. The summed E-state index contributed by atoms with van der Waals surface area (Å²) in [6, 6.07) is 20.4. The summed E-state index contributed by atoms with van der Waals surface area (Å²) in [5, 5.41) is 13.2. The van der Waals surface area contributed by atoms with E-state index in [9.17, 15) is 14.7 Å². The summed E-state index contributed by atoms with van der Waals surface area (Å²) in [5.41, 5.74) is 0.961. The SMILES string of the molecule is O=C(COC(=O)C1(O)CCCCC1)NCCC(c1ccccc1)c1ccccc1. The van der Waals surface area contributed by atoms with Crippen LogP contribution in [-0.2, 0) is 14.3 Å². The summed E-state index contributed by atoms with van der Waals surface area (Å²) in [6.45, 7) is 0.109. The van der Waals surface area contributed by atoms with E-state index < -0.39 is 11.6 Å². The third kappa shape index (κ3) is 5.91. The quantitative estimate of drug-likeness (QED) is 0.670. The molecule has 0 heterocycles. The number of rotatable bonds is 8. The van der Waals surface area contributed by atoms with Gasteiger partial charge in [-0.2, -0.15) is 0 Å². The number of aliphatic hydroxyl groups is 1. The van der Waals surface area contributed by atoms with Crippen LogP contribution >= 0.6 is 0 Å². The predicted molar refractivity (Wildman–Crippen MR) is 111 cm³/mol. The number of ether oxygens (including phenoxy) is 1. The minimum atomic E-state index is -1.43. The fraction of sp³-hybridized carbons (Fsp3) is 0.417. The smallest absolute Gasteiger partial charge is 0.338 e. The second-order valence-electron chi connectivity index (χ2n) is 7.68. The van der Waals surface area contributed by atoms with Crippen molar-refractivity contribution < 1.29 is 19.4 Å². The normalized spacial score (nSPS) is 15.7. The Balaban J connectivity index is 1.49. The van der Waals surface area contributed by atoms with Gasteiger partial charge in [-0.3, -0.25) is 4.79 Å². The molecule has 1 aliphatic rings. The molecule has 0 aliphatic heterocycles. The van der Waals surface area contributed by atoms with Crippen LogP contribution in [0.15, 0.2) is 60.7 Å². The van der Waals surface area contributed by atoms with Crippen molar-refractivity contribution in [2.24, 2.45) is 0 Å². The van der Waals surface area contributed by atoms with Gasteiger partial charge in [-0.1, -0.05) is 67.1 Å². The van der Waals surface area contributed by atoms with Crippen LogP contribution in [0, 0.1) is 0 Å². The maximum absolute atomic E-state index is 12.1. The van der Waals surface area contributed by atoms with Gasteiger partial charge in [0.05, 0.1) is 0 Å². The lowest BCUT2D eigenvalue weighted by molar-refractivity contribution is -0.170. The van der Waals surface area contributed by atoms with Crippen LogP contribution in [0.3, 0.4) is 0 Å². The first-order valence-corrected chi connectivity index (χ1v) is 10.3. The van der Waals surface area contributed by atoms with E-state index in [0.29, 0.717) is 19.4 Å². The largest absolute Gasteiger partial charge is 0.453 e. The van der Waals surface area contributed by atoms with Gasteiger partial charge in [-0.25, -0.2) is 4.79 Å². The molecule has 5 heteroatoms. The highest BCUT2D eigenvalue weighted by Gasteiger charge is 2.38. The summed E-state index contributed by atoms with van der Waals surface area (Å²) in [6.07, 6.45) is 4.17. The molecule has 2 N–H and O–H groups in total. The van der Waals surface area contributed by atoms with Crippen molar-refractivity contribution in [1.29, 1.82) is 0 Å². The van der Waals surface area contributed by atoms with Gasteiger partial charge in [0, 0.05) is 12.5 Å². The van der Waals surface area contributed by atoms with E-state index in [1.807, 2.05) is 36.4 Å². The molecule has 154 valence electrons. The Morgan fingerprint density at radius 1 is 0.931 bits per heavy atom. The van der Waals surface area contributed by atoms with Crippen LogP contribution in [0.4, 0.5) is 0 Å². The first-order valence-electron chi connectivity index (χ1n) is 10.3. The van der Waals surface area contributed by atoms with Crippen molar-refractivity contribution in [3.8, 4) is 0 Å². The van der Waals surface area contributed by atoms with E-state index in [-0.39, 0.29) is 18.4 Å². The lowest BCUT2D eigenvalue weighted by Crippen LogP contribution is -2.43. The average molecular weight is 395 g/mol. The molecule has 0 bridgehead atoms. The third-order valence-corrected chi connectivity index (χ3v) is 5.55. The van der Waals surface area contributed by atoms with Gasteiger partial charge in [0.25, 0.3) is 5.91 Å². The number of carbonyl (C=O) groups is 2. The van der Waals surface area contributed by atoms with Crippen molar-refractivity contribution in [2.75, 3.05) is 13.2 Å². The van der Waals surface area contributed by atoms with Crippen molar-refractivity contribution in [1.82, 2.24) is 5.32 Å². The number of hydrogen-bond acceptors (Lipinski definition) is 4. The molecule has 1 aliphatic carbocycles. The molecule has 0 aromatic heterocycles. The lowest BCUT2D eigenvalue weighted by Gasteiger charge is -2.29. The number of benzene rings is 2. The predicted octanol–water partition coefficient (Wildman–Crippen LogP) is 3.56. The minimum absolute atomic E-state index is 0.170. The summed E-state index contributed by atoms with van der Waals surface area (Å²) in [7, 11) is 0. The molecule has 1 amide bonds. The molecular weight excluding hydrogens is 366 g/mol. The molecule has 3 rings (SSSR count). The Morgan fingerprint density at radius 3 is 2.03 bits per heavy atom. The fourth-order valence-corrected chi connectivity index (χ4v) is 3.91. The monoisotopic (exact) mass is 395 g/mol. The third-order valence-electron chi connectivity index (χ3n) is 5.55. The minimum Gasteiger partial charge on any atom is -0.453 e. The zero-order chi connectivity index (χ0) is 20.5. The van der Waals surface area contributed by atoms with E-state index in [0.717, 1.165) is 25.7 Å². The Kier molecular flexibility index (Phi) is 7.42. The second kappa shape index (κ2) is 10.2. The Bertz CT molecular complexity index is 746. The topological polar surface area (TPSA) is 75.6 Å². The highest BCUT2D eigenvalue weighted by atomic mass is 16.6. The van der Waals surface area contributed by atoms with Crippen LogP contribution in [-0.4, -0.2) is 35.7 Å². The fourth-order valence-electron chi connectivity index (χ4n) is 3.91. The Morgan fingerprint density at radius 2 is 1.48 bits per heavy atom. The van der Waals surface area contributed by atoms with E-state index >= 15 is 0 Å². The van der Waals surface area contributed by atoms with Gasteiger partial charge >= 0.3 is 5.97 Å². The van der Waals surface area contributed by atoms with Gasteiger partial charge in [0.2, 0.25) is 0 Å². The molecule has 1 fully saturated rings. The molecule has 0 atom stereocenters. The highest BCUT2D eigenvalue weighted by Crippen LogP contribution is 2.29. The van der Waals surface area contributed by atoms with E-state index in [2.05, 4.69) is 29.6 Å².